The Bertz CT molecular complexity index is 3400. The zero-order chi connectivity index (χ0) is 65.2. The molecule has 16 N–H and O–H groups in total. The van der Waals surface area contributed by atoms with Crippen molar-refractivity contribution in [2.45, 2.75) is 112 Å². The fraction of sp³-hybridized carbons (Fsp3) is 0.404. The molecule has 4 heterocycles. The lowest BCUT2D eigenvalue weighted by atomic mass is 9.96. The van der Waals surface area contributed by atoms with E-state index in [4.69, 9.17) is 24.3 Å². The van der Waals surface area contributed by atoms with Crippen molar-refractivity contribution in [3.05, 3.63) is 102 Å². The van der Waals surface area contributed by atoms with E-state index in [0.29, 0.717) is 21.8 Å². The van der Waals surface area contributed by atoms with Gasteiger partial charge in [-0.25, -0.2) is 5.26 Å². The van der Waals surface area contributed by atoms with Gasteiger partial charge in [0, 0.05) is 55.1 Å². The van der Waals surface area contributed by atoms with Crippen molar-refractivity contribution in [1.82, 2.24) is 46.6 Å². The molecular formula is C57H66N10O22S. The largest absolute Gasteiger partial charge is 0.504 e. The third kappa shape index (κ3) is 15.7. The molecule has 3 aliphatic rings. The molecule has 14 unspecified atom stereocenters. The highest BCUT2D eigenvalue weighted by atomic mass is 32.2. The van der Waals surface area contributed by atoms with Crippen molar-refractivity contribution in [1.29, 1.82) is 0 Å². The SMILES string of the molecule is COc1ccc(-c2ccc(-c3nnc(-c4ccc(C(=O)NC5CC(O)CNC(=O)C6C(O)C(C)CN6C(=O)C(C(O)CC(N)=O)NC(=O)C(C(O)C(O)c6ccc(O)c(OSOOO)c6)NC(=O)C6CC(O)CN6C(=O)C(C(C)O)NC5=O)cc4)o3)cc2)cc1. The lowest BCUT2D eigenvalue weighted by Crippen LogP contribution is -2.64. The zero-order valence-corrected chi connectivity index (χ0v) is 48.9. The number of amides is 8. The van der Waals surface area contributed by atoms with Crippen LogP contribution in [0.5, 0.6) is 17.2 Å². The van der Waals surface area contributed by atoms with Crippen molar-refractivity contribution < 1.29 is 107 Å². The number of nitrogens with one attached hydrogen (secondary N) is 5. The number of β-amino-alcohol motifs (C(OH)–C–C–N with tert-alkyl or cyclic N) is 1. The van der Waals surface area contributed by atoms with E-state index in [9.17, 15) is 79.2 Å². The highest BCUT2D eigenvalue weighted by molar-refractivity contribution is 7.90. The van der Waals surface area contributed by atoms with Crippen LogP contribution in [0.3, 0.4) is 0 Å². The van der Waals surface area contributed by atoms with Crippen molar-refractivity contribution in [3.63, 3.8) is 0 Å². The van der Waals surface area contributed by atoms with E-state index in [1.165, 1.54) is 31.2 Å². The topological polar surface area (TPSA) is 487 Å². The van der Waals surface area contributed by atoms with Gasteiger partial charge in [0.15, 0.2) is 11.5 Å². The Morgan fingerprint density at radius 2 is 1.33 bits per heavy atom. The van der Waals surface area contributed by atoms with Gasteiger partial charge in [-0.2, -0.15) is 0 Å². The molecule has 32 nitrogen and oxygen atoms in total. The summed E-state index contributed by atoms with van der Waals surface area (Å²) >= 11 is -0.0277. The van der Waals surface area contributed by atoms with Crippen LogP contribution >= 0.6 is 12.3 Å². The molecule has 3 saturated heterocycles. The van der Waals surface area contributed by atoms with Crippen LogP contribution in [0.25, 0.3) is 34.0 Å². The lowest BCUT2D eigenvalue weighted by molar-refractivity contribution is -0.433. The number of nitrogens with zero attached hydrogens (tertiary/aromatic N) is 4. The number of phenolic OH excluding ortho intramolecular Hbond substituents is 1. The van der Waals surface area contributed by atoms with Gasteiger partial charge in [0.05, 0.1) is 44.1 Å². The number of aliphatic hydroxyl groups excluding tert-OH is 7. The Labute approximate surface area is 515 Å². The van der Waals surface area contributed by atoms with E-state index in [1.807, 2.05) is 36.4 Å². The van der Waals surface area contributed by atoms with Gasteiger partial charge in [0.1, 0.15) is 54.2 Å². The molecule has 1 aromatic heterocycles. The predicted molar refractivity (Wildman–Crippen MR) is 308 cm³/mol. The smallest absolute Gasteiger partial charge is 0.261 e. The van der Waals surface area contributed by atoms with Crippen molar-refractivity contribution in [2.24, 2.45) is 11.7 Å². The molecule has 14 atom stereocenters. The van der Waals surface area contributed by atoms with Crippen LogP contribution in [0.4, 0.5) is 0 Å². The average Bonchev–Trinajstić information content (AvgIpc) is 2.02. The van der Waals surface area contributed by atoms with Gasteiger partial charge in [-0.05, 0) is 84.3 Å². The van der Waals surface area contributed by atoms with Crippen molar-refractivity contribution >= 4 is 59.6 Å². The number of aromatic nitrogens is 2. The minimum atomic E-state index is -2.54. The molecular weight excluding hydrogens is 1210 g/mol. The van der Waals surface area contributed by atoms with Crippen LogP contribution in [-0.4, -0.2) is 213 Å². The van der Waals surface area contributed by atoms with Crippen LogP contribution < -0.4 is 41.2 Å². The standard InChI is InChI=1S/C57H66N10O22S/c1-25-23-67-45(46(25)74)53(81)59-22-33(69)19-36(60-49(77)29-6-10-31(11-7-29)55-65-64-54(86-55)30-8-4-27(5-9-30)28-12-15-35(85-3)16-13-28)50(78)61-42(26(2)68)56(82)66-24-34(70)20-37(66)51(79)63-44(52(80)62-43(57(67)83)39(72)21-41(58)73)48(76)47(75)32-14-17-38(71)40(18-32)87-90-89-88-84/h4-18,25-26,33-34,36-37,39,42-48,68-72,74-76,84H,19-24H2,1-3H3,(H2,58,73)(H,59,81)(H,60,77)(H,61,78)(H,62,80)(H,63,79). The van der Waals surface area contributed by atoms with Crippen LogP contribution in [0.15, 0.2) is 95.4 Å². The minimum Gasteiger partial charge on any atom is -0.504 e. The van der Waals surface area contributed by atoms with Crippen molar-refractivity contribution in [2.75, 3.05) is 26.7 Å². The highest BCUT2D eigenvalue weighted by Gasteiger charge is 2.50. The summed E-state index contributed by atoms with van der Waals surface area (Å²) in [5.41, 5.74) is 7.82. The minimum absolute atomic E-state index is 0.0277. The molecule has 4 aromatic carbocycles. The van der Waals surface area contributed by atoms with Crippen LogP contribution in [0.1, 0.15) is 55.1 Å². The number of rotatable bonds is 17. The number of carbonyl (C=O) groups is 8. The van der Waals surface area contributed by atoms with Gasteiger partial charge < -0.3 is 96.3 Å². The Balaban J connectivity index is 1.09. The third-order valence-electron chi connectivity index (χ3n) is 15.3. The van der Waals surface area contributed by atoms with Crippen molar-refractivity contribution in [3.8, 4) is 51.3 Å². The number of primary amides is 1. The number of aliphatic hydroxyl groups is 7. The molecule has 0 spiro atoms. The zero-order valence-electron chi connectivity index (χ0n) is 48.1. The van der Waals surface area contributed by atoms with Crippen LogP contribution in [0, 0.1) is 5.92 Å². The van der Waals surface area contributed by atoms with E-state index < -0.39 is 183 Å². The molecule has 8 rings (SSSR count). The summed E-state index contributed by atoms with van der Waals surface area (Å²) in [6, 6.07) is 11.1. The Morgan fingerprint density at radius 3 is 1.94 bits per heavy atom. The van der Waals surface area contributed by atoms with Gasteiger partial charge in [0.2, 0.25) is 53.1 Å². The van der Waals surface area contributed by atoms with E-state index in [1.54, 1.807) is 19.2 Å². The first kappa shape index (κ1) is 67.1. The second-order valence-corrected chi connectivity index (χ2v) is 22.1. The number of phenols is 1. The monoisotopic (exact) mass is 1270 g/mol. The molecule has 5 aromatic rings. The first-order valence-corrected chi connectivity index (χ1v) is 28.5. The highest BCUT2D eigenvalue weighted by Crippen LogP contribution is 2.35. The summed E-state index contributed by atoms with van der Waals surface area (Å²) in [5.74, 6) is -11.1. The predicted octanol–water partition coefficient (Wildman–Crippen LogP) is -2.54. The lowest BCUT2D eigenvalue weighted by Gasteiger charge is -2.34. The summed E-state index contributed by atoms with van der Waals surface area (Å²) in [7, 11) is 1.58. The number of ether oxygens (including phenoxy) is 1. The summed E-state index contributed by atoms with van der Waals surface area (Å²) < 4.78 is 20.4. The number of hydrogen-bond acceptors (Lipinski definition) is 25. The molecule has 90 heavy (non-hydrogen) atoms. The Morgan fingerprint density at radius 1 is 0.744 bits per heavy atom. The molecule has 482 valence electrons. The van der Waals surface area contributed by atoms with Crippen LogP contribution in [-0.2, 0) is 42.9 Å². The molecule has 3 fully saturated rings. The van der Waals surface area contributed by atoms with Gasteiger partial charge in [-0.3, -0.25) is 38.4 Å². The number of nitrogens with two attached hydrogens (primary N) is 1. The van der Waals surface area contributed by atoms with Gasteiger partial charge in [-0.1, -0.05) is 46.6 Å². The van der Waals surface area contributed by atoms with E-state index >= 15 is 0 Å². The van der Waals surface area contributed by atoms with E-state index in [0.717, 1.165) is 41.1 Å². The maximum atomic E-state index is 14.7. The number of fused-ring (bicyclic) bond motifs is 2. The second kappa shape index (κ2) is 29.6. The molecule has 0 aliphatic carbocycles. The molecule has 0 radical (unpaired) electrons. The molecule has 0 saturated carbocycles. The van der Waals surface area contributed by atoms with Gasteiger partial charge >= 0.3 is 0 Å². The quantitative estimate of drug-likeness (QED) is 0.0197. The maximum absolute atomic E-state index is 14.7. The molecule has 0 bridgehead atoms. The summed E-state index contributed by atoms with van der Waals surface area (Å²) in [6.45, 7) is 0.637. The first-order valence-electron chi connectivity index (χ1n) is 27.9. The number of methoxy groups -OCH3 is 1. The first-order chi connectivity index (χ1) is 42.9. The average molecular weight is 1280 g/mol. The Hall–Kier alpha value is -8.87. The molecule has 3 aliphatic heterocycles. The number of benzene rings is 4. The van der Waals surface area contributed by atoms with E-state index in [2.05, 4.69) is 46.2 Å². The van der Waals surface area contributed by atoms with Gasteiger partial charge in [0.25, 0.3) is 18.2 Å². The number of aromatic hydroxyl groups is 1. The molecule has 33 heteroatoms. The van der Waals surface area contributed by atoms with Gasteiger partial charge in [-0.15, -0.1) is 10.2 Å². The third-order valence-corrected chi connectivity index (χ3v) is 15.7. The van der Waals surface area contributed by atoms with Crippen LogP contribution in [0.2, 0.25) is 0 Å². The second-order valence-electron chi connectivity index (χ2n) is 21.6. The molecule has 8 amide bonds. The number of hydrogen-bond donors (Lipinski definition) is 15. The summed E-state index contributed by atoms with van der Waals surface area (Å²) in [6.07, 6.45) is -16.2. The fourth-order valence-electron chi connectivity index (χ4n) is 10.5. The normalized spacial score (nSPS) is 25.2. The summed E-state index contributed by atoms with van der Waals surface area (Å²) in [4.78, 5) is 115. The Kier molecular flexibility index (Phi) is 22.1. The summed E-state index contributed by atoms with van der Waals surface area (Å²) in [5, 5.41) is 122. The van der Waals surface area contributed by atoms with E-state index in [-0.39, 0.29) is 35.2 Å². The maximum Gasteiger partial charge on any atom is 0.261 e. The fourth-order valence-corrected chi connectivity index (χ4v) is 10.7. The number of carbonyl (C=O) groups excluding carboxylic acids is 8.